The second kappa shape index (κ2) is 9.73. The molecule has 2 aromatic carbocycles. The molecule has 0 amide bonds. The second-order valence-corrected chi connectivity index (χ2v) is 11.1. The third-order valence-electron chi connectivity index (χ3n) is 6.12. The zero-order valence-electron chi connectivity index (χ0n) is 18.8. The Labute approximate surface area is 195 Å². The smallest absolute Gasteiger partial charge is 0.247 e. The molecule has 0 bridgehead atoms. The Morgan fingerprint density at radius 2 is 2.03 bits per heavy atom. The lowest BCUT2D eigenvalue weighted by Crippen LogP contribution is -2.36. The Bertz CT molecular complexity index is 1160. The first-order valence-corrected chi connectivity index (χ1v) is 13.5. The molecule has 1 unspecified atom stereocenters. The van der Waals surface area contributed by atoms with Gasteiger partial charge in [0.2, 0.25) is 10.0 Å². The quantitative estimate of drug-likeness (QED) is 0.441. The summed E-state index contributed by atoms with van der Waals surface area (Å²) in [6.07, 6.45) is 4.61. The lowest BCUT2D eigenvalue weighted by Gasteiger charge is -2.24. The van der Waals surface area contributed by atoms with Crippen LogP contribution in [0.15, 0.2) is 59.1 Å². The van der Waals surface area contributed by atoms with E-state index in [4.69, 9.17) is 4.74 Å². The Kier molecular flexibility index (Phi) is 6.98. The van der Waals surface area contributed by atoms with Crippen molar-refractivity contribution in [2.75, 3.05) is 6.54 Å². The Hall–Kier alpha value is -2.22. The van der Waals surface area contributed by atoms with Crippen LogP contribution in [0.4, 0.5) is 0 Å². The van der Waals surface area contributed by atoms with Crippen molar-refractivity contribution in [2.45, 2.75) is 63.5 Å². The van der Waals surface area contributed by atoms with Gasteiger partial charge in [-0.25, -0.2) is 8.42 Å². The van der Waals surface area contributed by atoms with Gasteiger partial charge < -0.3 is 4.74 Å². The number of nitrogens with zero attached hydrogens (tertiary/aromatic N) is 2. The number of sulfonamides is 1. The number of para-hydroxylation sites is 1. The van der Waals surface area contributed by atoms with Gasteiger partial charge in [0, 0.05) is 23.5 Å². The summed E-state index contributed by atoms with van der Waals surface area (Å²) in [6.45, 7) is 6.93. The molecule has 3 aromatic rings. The van der Waals surface area contributed by atoms with E-state index in [0.717, 1.165) is 30.4 Å². The van der Waals surface area contributed by atoms with Crippen LogP contribution in [-0.4, -0.2) is 30.4 Å². The van der Waals surface area contributed by atoms with Crippen LogP contribution in [0.25, 0.3) is 0 Å². The van der Waals surface area contributed by atoms with Crippen LogP contribution in [0, 0.1) is 6.92 Å². The molecule has 2 atom stereocenters. The van der Waals surface area contributed by atoms with Crippen molar-refractivity contribution in [3.8, 4) is 5.75 Å². The molecule has 1 aliphatic heterocycles. The topological polar surface area (TPSA) is 59.5 Å². The van der Waals surface area contributed by atoms with Crippen molar-refractivity contribution in [1.82, 2.24) is 9.29 Å². The fourth-order valence-corrected chi connectivity index (χ4v) is 6.59. The highest BCUT2D eigenvalue weighted by atomic mass is 32.2. The van der Waals surface area contributed by atoms with Gasteiger partial charge in [-0.15, -0.1) is 11.3 Å². The Morgan fingerprint density at radius 1 is 1.22 bits per heavy atom. The summed E-state index contributed by atoms with van der Waals surface area (Å²) in [5, 5.41) is 0. The minimum Gasteiger partial charge on any atom is -0.488 e. The van der Waals surface area contributed by atoms with E-state index in [0.29, 0.717) is 18.8 Å². The molecule has 0 N–H and O–H groups in total. The molecule has 7 heteroatoms. The molecule has 5 nitrogen and oxygen atoms in total. The van der Waals surface area contributed by atoms with Gasteiger partial charge in [0.1, 0.15) is 16.7 Å². The highest BCUT2D eigenvalue weighted by molar-refractivity contribution is 7.89. The lowest BCUT2D eigenvalue weighted by molar-refractivity contribution is 0.168. The highest BCUT2D eigenvalue weighted by Gasteiger charge is 2.34. The number of rotatable bonds is 7. The molecule has 0 saturated carbocycles. The van der Waals surface area contributed by atoms with Crippen molar-refractivity contribution < 1.29 is 13.2 Å². The minimum atomic E-state index is -3.66. The molecule has 4 rings (SSSR count). The van der Waals surface area contributed by atoms with E-state index in [9.17, 15) is 8.42 Å². The average Bonchev–Trinajstić information content (AvgIpc) is 3.29. The molecule has 32 heavy (non-hydrogen) atoms. The average molecular weight is 471 g/mol. The van der Waals surface area contributed by atoms with Gasteiger partial charge in [0.05, 0.1) is 12.1 Å². The molecule has 0 spiro atoms. The highest BCUT2D eigenvalue weighted by Crippen LogP contribution is 2.35. The number of aromatic nitrogens is 1. The van der Waals surface area contributed by atoms with Gasteiger partial charge in [-0.3, -0.25) is 4.98 Å². The number of hydrogen-bond donors (Lipinski definition) is 0. The SMILES string of the molecule is CCCC(c1ccc(C)c(CN2C[C@@H](CC)Oc3ccccc3S2(=O)=O)c1)c1cncs1. The van der Waals surface area contributed by atoms with Gasteiger partial charge >= 0.3 is 0 Å². The first kappa shape index (κ1) is 23.0. The number of fused-ring (bicyclic) bond motifs is 1. The van der Waals surface area contributed by atoms with Crippen LogP contribution in [0.5, 0.6) is 5.75 Å². The summed E-state index contributed by atoms with van der Waals surface area (Å²) in [5.74, 6) is 0.723. The van der Waals surface area contributed by atoms with Gasteiger partial charge in [-0.1, -0.05) is 50.6 Å². The van der Waals surface area contributed by atoms with Crippen LogP contribution in [0.2, 0.25) is 0 Å². The molecular weight excluding hydrogens is 440 g/mol. The summed E-state index contributed by atoms with van der Waals surface area (Å²) < 4.78 is 34.7. The Morgan fingerprint density at radius 3 is 2.75 bits per heavy atom. The van der Waals surface area contributed by atoms with Crippen LogP contribution in [0.3, 0.4) is 0 Å². The summed E-state index contributed by atoms with van der Waals surface area (Å²) in [4.78, 5) is 5.77. The van der Waals surface area contributed by atoms with Gasteiger partial charge in [0.25, 0.3) is 0 Å². The third kappa shape index (κ3) is 4.60. The predicted octanol–water partition coefficient (Wildman–Crippen LogP) is 5.75. The molecule has 0 fully saturated rings. The largest absolute Gasteiger partial charge is 0.488 e. The van der Waals surface area contributed by atoms with E-state index < -0.39 is 10.0 Å². The van der Waals surface area contributed by atoms with Crippen LogP contribution < -0.4 is 4.74 Å². The summed E-state index contributed by atoms with van der Waals surface area (Å²) >= 11 is 1.68. The standard InChI is InChI=1S/C25H30N2O3S2/c1-4-8-22(24-14-26-17-31-24)19-12-11-18(3)20(13-19)15-27-16-21(5-2)30-23-9-6-7-10-25(23)32(27,28)29/h6-7,9-14,17,21-22H,4-5,8,15-16H2,1-3H3/t21-,22?/m1/s1. The normalized spacial score (nSPS) is 19.0. The first-order valence-electron chi connectivity index (χ1n) is 11.2. The summed E-state index contributed by atoms with van der Waals surface area (Å²) in [7, 11) is -3.66. The Balaban J connectivity index is 1.71. The van der Waals surface area contributed by atoms with Crippen LogP contribution in [-0.2, 0) is 16.6 Å². The molecular formula is C25H30N2O3S2. The lowest BCUT2D eigenvalue weighted by atomic mass is 9.91. The van der Waals surface area contributed by atoms with E-state index >= 15 is 0 Å². The molecule has 1 aliphatic rings. The molecule has 170 valence electrons. The zero-order chi connectivity index (χ0) is 22.7. The van der Waals surface area contributed by atoms with Gasteiger partial charge in [-0.2, -0.15) is 4.31 Å². The maximum Gasteiger partial charge on any atom is 0.247 e. The van der Waals surface area contributed by atoms with Crippen LogP contribution >= 0.6 is 11.3 Å². The van der Waals surface area contributed by atoms with E-state index in [1.54, 1.807) is 33.8 Å². The van der Waals surface area contributed by atoms with E-state index in [1.807, 2.05) is 31.6 Å². The van der Waals surface area contributed by atoms with Crippen molar-refractivity contribution in [3.05, 3.63) is 75.7 Å². The monoisotopic (exact) mass is 470 g/mol. The zero-order valence-corrected chi connectivity index (χ0v) is 20.5. The van der Waals surface area contributed by atoms with E-state index in [-0.39, 0.29) is 16.9 Å². The number of ether oxygens (including phenoxy) is 1. The van der Waals surface area contributed by atoms with Gasteiger partial charge in [-0.05, 0) is 48.6 Å². The fraction of sp³-hybridized carbons (Fsp3) is 0.400. The number of hydrogen-bond acceptors (Lipinski definition) is 5. The summed E-state index contributed by atoms with van der Waals surface area (Å²) in [5.41, 5.74) is 5.22. The van der Waals surface area contributed by atoms with E-state index in [2.05, 4.69) is 30.1 Å². The minimum absolute atomic E-state index is 0.179. The molecule has 0 saturated heterocycles. The van der Waals surface area contributed by atoms with E-state index in [1.165, 1.54) is 10.4 Å². The predicted molar refractivity (Wildman–Crippen MR) is 129 cm³/mol. The second-order valence-electron chi connectivity index (χ2n) is 8.32. The van der Waals surface area contributed by atoms with Crippen molar-refractivity contribution >= 4 is 21.4 Å². The number of aryl methyl sites for hydroxylation is 1. The maximum atomic E-state index is 13.5. The molecule has 0 aliphatic carbocycles. The summed E-state index contributed by atoms with van der Waals surface area (Å²) in [6, 6.07) is 13.4. The number of benzene rings is 2. The van der Waals surface area contributed by atoms with Crippen molar-refractivity contribution in [2.24, 2.45) is 0 Å². The number of thiazole rings is 1. The van der Waals surface area contributed by atoms with Crippen molar-refractivity contribution in [1.29, 1.82) is 0 Å². The van der Waals surface area contributed by atoms with Crippen molar-refractivity contribution in [3.63, 3.8) is 0 Å². The first-order chi connectivity index (χ1) is 15.4. The molecule has 2 heterocycles. The fourth-order valence-electron chi connectivity index (χ4n) is 4.23. The third-order valence-corrected chi connectivity index (χ3v) is 8.86. The molecule has 0 radical (unpaired) electrons. The maximum absolute atomic E-state index is 13.5. The van der Waals surface area contributed by atoms with Gasteiger partial charge in [0.15, 0.2) is 0 Å². The molecule has 1 aromatic heterocycles. The van der Waals surface area contributed by atoms with Crippen LogP contribution in [0.1, 0.15) is 60.6 Å².